The second kappa shape index (κ2) is 9.73. The van der Waals surface area contributed by atoms with E-state index in [0.29, 0.717) is 4.88 Å². The van der Waals surface area contributed by atoms with Crippen molar-refractivity contribution >= 4 is 56.0 Å². The van der Waals surface area contributed by atoms with Gasteiger partial charge in [-0.3, -0.25) is 31.1 Å². The number of anilines is 1. The topological polar surface area (TPSA) is 134 Å². The van der Waals surface area contributed by atoms with Crippen LogP contribution < -0.4 is 16.2 Å². The number of nitro groups is 1. The molecule has 1 aromatic carbocycles. The Hall–Kier alpha value is -2.61. The van der Waals surface area contributed by atoms with Crippen LogP contribution in [-0.2, 0) is 10.0 Å². The molecule has 156 valence electrons. The summed E-state index contributed by atoms with van der Waals surface area (Å²) in [5, 5.41) is 15.2. The molecule has 0 radical (unpaired) electrons. The molecule has 1 heterocycles. The van der Waals surface area contributed by atoms with Crippen molar-refractivity contribution in [2.24, 2.45) is 0 Å². The summed E-state index contributed by atoms with van der Waals surface area (Å²) in [6.45, 7) is 3.73. The van der Waals surface area contributed by atoms with Crippen molar-refractivity contribution in [3.8, 4) is 0 Å². The fraction of sp³-hybridized carbons (Fsp3) is 0.250. The SMILES string of the molecule is CCN(CC)S(=O)(=O)c1cc([N+](=O)[O-])ccc1NNC(=S)NC(=O)c1cccs1. The average molecular weight is 458 g/mol. The van der Waals surface area contributed by atoms with E-state index >= 15 is 0 Å². The van der Waals surface area contributed by atoms with Gasteiger partial charge in [0, 0.05) is 25.2 Å². The molecule has 0 saturated carbocycles. The molecule has 1 amide bonds. The number of benzene rings is 1. The molecule has 3 N–H and O–H groups in total. The highest BCUT2D eigenvalue weighted by atomic mass is 32.2. The zero-order chi connectivity index (χ0) is 21.6. The summed E-state index contributed by atoms with van der Waals surface area (Å²) < 4.78 is 27.0. The maximum absolute atomic E-state index is 12.9. The highest BCUT2D eigenvalue weighted by molar-refractivity contribution is 7.89. The summed E-state index contributed by atoms with van der Waals surface area (Å²) in [7, 11) is -4.00. The fourth-order valence-corrected chi connectivity index (χ4v) is 4.76. The Morgan fingerprint density at radius 2 is 1.97 bits per heavy atom. The van der Waals surface area contributed by atoms with E-state index in [1.165, 1.54) is 27.8 Å². The van der Waals surface area contributed by atoms with Gasteiger partial charge >= 0.3 is 0 Å². The van der Waals surface area contributed by atoms with Gasteiger partial charge in [0.25, 0.3) is 11.6 Å². The van der Waals surface area contributed by atoms with E-state index in [1.54, 1.807) is 31.4 Å². The van der Waals surface area contributed by atoms with Crippen molar-refractivity contribution in [2.45, 2.75) is 18.7 Å². The number of hydrazine groups is 1. The first-order valence-electron chi connectivity index (χ1n) is 8.40. The number of nitro benzene ring substituents is 1. The number of hydrogen-bond donors (Lipinski definition) is 3. The third kappa shape index (κ3) is 5.47. The van der Waals surface area contributed by atoms with Gasteiger partial charge in [-0.1, -0.05) is 19.9 Å². The van der Waals surface area contributed by atoms with Crippen LogP contribution in [0, 0.1) is 10.1 Å². The number of thiocarbonyl (C=S) groups is 1. The predicted molar refractivity (Wildman–Crippen MR) is 114 cm³/mol. The van der Waals surface area contributed by atoms with E-state index in [1.807, 2.05) is 0 Å². The van der Waals surface area contributed by atoms with E-state index in [2.05, 4.69) is 16.2 Å². The molecule has 0 unspecified atom stereocenters. The normalized spacial score (nSPS) is 11.1. The van der Waals surface area contributed by atoms with E-state index in [9.17, 15) is 23.3 Å². The highest BCUT2D eigenvalue weighted by Crippen LogP contribution is 2.28. The quantitative estimate of drug-likeness (QED) is 0.312. The number of sulfonamides is 1. The van der Waals surface area contributed by atoms with Crippen molar-refractivity contribution in [2.75, 3.05) is 18.5 Å². The van der Waals surface area contributed by atoms with Crippen LogP contribution in [0.1, 0.15) is 23.5 Å². The van der Waals surface area contributed by atoms with Gasteiger partial charge in [-0.2, -0.15) is 4.31 Å². The van der Waals surface area contributed by atoms with Crippen LogP contribution in [-0.4, -0.2) is 41.8 Å². The summed E-state index contributed by atoms with van der Waals surface area (Å²) in [5.74, 6) is -0.418. The van der Waals surface area contributed by atoms with E-state index in [-0.39, 0.29) is 34.5 Å². The van der Waals surface area contributed by atoms with Gasteiger partial charge in [0.1, 0.15) is 4.90 Å². The Morgan fingerprint density at radius 3 is 2.52 bits per heavy atom. The van der Waals surface area contributed by atoms with Crippen LogP contribution in [0.15, 0.2) is 40.6 Å². The summed E-state index contributed by atoms with van der Waals surface area (Å²) in [5.41, 5.74) is 4.82. The van der Waals surface area contributed by atoms with Crippen LogP contribution in [0.25, 0.3) is 0 Å². The Kier molecular flexibility index (Phi) is 7.61. The molecule has 0 saturated heterocycles. The van der Waals surface area contributed by atoms with Gasteiger partial charge in [-0.25, -0.2) is 8.42 Å². The number of carbonyl (C=O) groups excluding carboxylic acids is 1. The molecule has 2 aromatic rings. The maximum Gasteiger partial charge on any atom is 0.270 e. The molecule has 10 nitrogen and oxygen atoms in total. The lowest BCUT2D eigenvalue weighted by atomic mass is 10.3. The Labute approximate surface area is 177 Å². The Balaban J connectivity index is 2.24. The lowest BCUT2D eigenvalue weighted by Gasteiger charge is -2.21. The van der Waals surface area contributed by atoms with Gasteiger partial charge in [0.15, 0.2) is 5.11 Å². The van der Waals surface area contributed by atoms with Crippen molar-refractivity contribution in [1.29, 1.82) is 0 Å². The summed E-state index contributed by atoms with van der Waals surface area (Å²) in [4.78, 5) is 22.6. The van der Waals surface area contributed by atoms with Gasteiger partial charge in [0.2, 0.25) is 10.0 Å². The number of thiophene rings is 1. The van der Waals surface area contributed by atoms with Crippen molar-refractivity contribution in [1.82, 2.24) is 15.0 Å². The van der Waals surface area contributed by atoms with Gasteiger partial charge in [0.05, 0.1) is 15.5 Å². The Bertz CT molecular complexity index is 1000. The summed E-state index contributed by atoms with van der Waals surface area (Å²) in [6.07, 6.45) is 0. The number of nitrogens with zero attached hydrogens (tertiary/aromatic N) is 2. The summed E-state index contributed by atoms with van der Waals surface area (Å²) in [6, 6.07) is 6.74. The third-order valence-corrected chi connectivity index (χ3v) is 6.94. The van der Waals surface area contributed by atoms with Gasteiger partial charge in [-0.05, 0) is 29.7 Å². The van der Waals surface area contributed by atoms with Crippen LogP contribution in [0.4, 0.5) is 11.4 Å². The average Bonchev–Trinajstić information content (AvgIpc) is 3.21. The lowest BCUT2D eigenvalue weighted by molar-refractivity contribution is -0.385. The molecule has 0 atom stereocenters. The number of carbonyl (C=O) groups is 1. The zero-order valence-electron chi connectivity index (χ0n) is 15.5. The van der Waals surface area contributed by atoms with Crippen LogP contribution in [0.3, 0.4) is 0 Å². The third-order valence-electron chi connectivity index (χ3n) is 3.78. The number of amides is 1. The van der Waals surface area contributed by atoms with Crippen LogP contribution in [0.5, 0.6) is 0 Å². The molecule has 1 aromatic heterocycles. The van der Waals surface area contributed by atoms with E-state index < -0.39 is 20.9 Å². The molecule has 13 heteroatoms. The molecule has 0 aliphatic heterocycles. The van der Waals surface area contributed by atoms with E-state index in [4.69, 9.17) is 12.2 Å². The largest absolute Gasteiger partial charge is 0.298 e. The van der Waals surface area contributed by atoms with E-state index in [0.717, 1.165) is 6.07 Å². The zero-order valence-corrected chi connectivity index (χ0v) is 18.0. The minimum absolute atomic E-state index is 0.0511. The van der Waals surface area contributed by atoms with Crippen LogP contribution >= 0.6 is 23.6 Å². The number of hydrogen-bond acceptors (Lipinski definition) is 8. The monoisotopic (exact) mass is 457 g/mol. The van der Waals surface area contributed by atoms with Crippen molar-refractivity contribution in [3.63, 3.8) is 0 Å². The first-order chi connectivity index (χ1) is 13.7. The molecule has 0 fully saturated rings. The molecule has 0 spiro atoms. The van der Waals surface area contributed by atoms with Crippen molar-refractivity contribution < 1.29 is 18.1 Å². The molecule has 0 bridgehead atoms. The first kappa shape index (κ1) is 22.7. The predicted octanol–water partition coefficient (Wildman–Crippen LogP) is 2.32. The highest BCUT2D eigenvalue weighted by Gasteiger charge is 2.27. The van der Waals surface area contributed by atoms with Gasteiger partial charge < -0.3 is 0 Å². The first-order valence-corrected chi connectivity index (χ1v) is 11.1. The smallest absolute Gasteiger partial charge is 0.270 e. The second-order valence-corrected chi connectivity index (χ2v) is 8.80. The number of rotatable bonds is 8. The Morgan fingerprint density at radius 1 is 1.28 bits per heavy atom. The number of non-ortho nitro benzene ring substituents is 1. The summed E-state index contributed by atoms with van der Waals surface area (Å²) >= 11 is 6.27. The van der Waals surface area contributed by atoms with Gasteiger partial charge in [-0.15, -0.1) is 11.3 Å². The lowest BCUT2D eigenvalue weighted by Crippen LogP contribution is -2.42. The molecular weight excluding hydrogens is 438 g/mol. The fourth-order valence-electron chi connectivity index (χ4n) is 2.37. The molecular formula is C16H19N5O5S3. The molecule has 0 aliphatic rings. The standard InChI is InChI=1S/C16H19N5O5S3/c1-3-20(4-2)29(25,26)14-10-11(21(23)24)7-8-12(14)18-19-16(27)17-15(22)13-6-5-9-28-13/h5-10,18H,3-4H2,1-2H3,(H2,17,19,22,27). The maximum atomic E-state index is 12.9. The number of nitrogens with one attached hydrogen (secondary N) is 3. The van der Waals surface area contributed by atoms with Crippen molar-refractivity contribution in [3.05, 3.63) is 50.7 Å². The molecule has 29 heavy (non-hydrogen) atoms. The minimum Gasteiger partial charge on any atom is -0.298 e. The second-order valence-electron chi connectivity index (χ2n) is 5.54. The molecule has 2 rings (SSSR count). The minimum atomic E-state index is -4.00. The van der Waals surface area contributed by atoms with Crippen LogP contribution in [0.2, 0.25) is 0 Å². The molecule has 0 aliphatic carbocycles.